The van der Waals surface area contributed by atoms with Gasteiger partial charge in [0.25, 0.3) is 0 Å². The van der Waals surface area contributed by atoms with Crippen LogP contribution in [0.4, 0.5) is 0 Å². The fraction of sp³-hybridized carbons (Fsp3) is 0.462. The molecule has 0 saturated carbocycles. The van der Waals surface area contributed by atoms with Crippen LogP contribution in [-0.4, -0.2) is 5.71 Å². The van der Waals surface area contributed by atoms with Gasteiger partial charge in [0.2, 0.25) is 0 Å². The molecule has 1 rings (SSSR count). The van der Waals surface area contributed by atoms with Gasteiger partial charge in [-0.05, 0) is 24.0 Å². The van der Waals surface area contributed by atoms with E-state index < -0.39 is 0 Å². The Labute approximate surface area is 109 Å². The van der Waals surface area contributed by atoms with Gasteiger partial charge in [-0.1, -0.05) is 32.6 Å². The van der Waals surface area contributed by atoms with E-state index in [9.17, 15) is 0 Å². The zero-order valence-corrected chi connectivity index (χ0v) is 11.1. The molecule has 0 aromatic heterocycles. The molecule has 1 unspecified atom stereocenters. The molecule has 0 saturated heterocycles. The largest absolute Gasteiger partial charge is 0.455 e. The Morgan fingerprint density at radius 2 is 2.06 bits per heavy atom. The third-order valence-electron chi connectivity index (χ3n) is 2.36. The second-order valence-electron chi connectivity index (χ2n) is 4.27. The van der Waals surface area contributed by atoms with Gasteiger partial charge in [0.05, 0.1) is 0 Å². The maximum atomic E-state index is 5.56. The van der Waals surface area contributed by atoms with E-state index in [-0.39, 0.29) is 22.7 Å². The van der Waals surface area contributed by atoms with Gasteiger partial charge in [-0.3, -0.25) is 0 Å². The van der Waals surface area contributed by atoms with Gasteiger partial charge in [0, 0.05) is 16.8 Å². The Bertz CT molecular complexity index is 338. The summed E-state index contributed by atoms with van der Waals surface area (Å²) in [6, 6.07) is 0. The second kappa shape index (κ2) is 6.71. The minimum atomic E-state index is 0. The van der Waals surface area contributed by atoms with Gasteiger partial charge in [0.1, 0.15) is 0 Å². The number of aliphatic imine (C=N–C) groups is 1. The zero-order valence-electron chi connectivity index (χ0n) is 10.1. The molecule has 0 spiro atoms. The van der Waals surface area contributed by atoms with Crippen LogP contribution in [-0.2, 0) is 16.8 Å². The van der Waals surface area contributed by atoms with Gasteiger partial charge in [-0.15, -0.1) is 12.8 Å². The summed E-state index contributed by atoms with van der Waals surface area (Å²) >= 11 is 0. The minimum Gasteiger partial charge on any atom is -0.455 e. The van der Waals surface area contributed by atoms with Gasteiger partial charge in [-0.2, -0.15) is 11.6 Å². The van der Waals surface area contributed by atoms with Crippen molar-refractivity contribution < 1.29 is 16.8 Å². The molecule has 91 valence electrons. The number of hydrogen-bond donors (Lipinski definition) is 1. The van der Waals surface area contributed by atoms with Crippen molar-refractivity contribution in [3.8, 4) is 0 Å². The van der Waals surface area contributed by atoms with Crippen LogP contribution < -0.4 is 5.73 Å². The van der Waals surface area contributed by atoms with Crippen molar-refractivity contribution in [1.82, 2.24) is 0 Å². The molecule has 1 heterocycles. The van der Waals surface area contributed by atoms with Crippen molar-refractivity contribution in [3.05, 3.63) is 36.2 Å². The molecule has 1 atom stereocenters. The van der Waals surface area contributed by atoms with E-state index in [1.54, 1.807) is 6.20 Å². The van der Waals surface area contributed by atoms with Gasteiger partial charge in [0.15, 0.2) is 0 Å². The maximum Gasteiger partial charge on any atom is 0 e. The minimum absolute atomic E-state index is 0. The first-order valence-electron chi connectivity index (χ1n) is 5.34. The Hall–Kier alpha value is -0.804. The fourth-order valence-electron chi connectivity index (χ4n) is 1.52. The normalized spacial score (nSPS) is 19.1. The SMILES string of the molecule is C=CC(C)C1=NC(CC(C)C)=[C-]C1=CN.[Co]. The molecule has 2 N–H and O–H groups in total. The van der Waals surface area contributed by atoms with Crippen LogP contribution in [0.1, 0.15) is 27.2 Å². The van der Waals surface area contributed by atoms with E-state index in [4.69, 9.17) is 5.73 Å². The quantitative estimate of drug-likeness (QED) is 0.614. The number of hydrogen-bond acceptors (Lipinski definition) is 2. The average molecular weight is 262 g/mol. The topological polar surface area (TPSA) is 38.4 Å². The predicted molar refractivity (Wildman–Crippen MR) is 65.3 cm³/mol. The fourth-order valence-corrected chi connectivity index (χ4v) is 1.52. The average Bonchev–Trinajstić information content (AvgIpc) is 2.58. The first kappa shape index (κ1) is 15.2. The summed E-state index contributed by atoms with van der Waals surface area (Å²) in [7, 11) is 0. The Balaban J connectivity index is 0.00000225. The van der Waals surface area contributed by atoms with Gasteiger partial charge < -0.3 is 10.7 Å². The van der Waals surface area contributed by atoms with E-state index in [2.05, 4.69) is 38.4 Å². The number of allylic oxidation sites excluding steroid dienone is 4. The van der Waals surface area contributed by atoms with Crippen molar-refractivity contribution in [1.29, 1.82) is 0 Å². The molecule has 0 aromatic carbocycles. The van der Waals surface area contributed by atoms with Crippen molar-refractivity contribution in [2.75, 3.05) is 0 Å². The molecular formula is C13H19CoN2-. The number of nitrogens with zero attached hydrogens (tertiary/aromatic N) is 1. The van der Waals surface area contributed by atoms with E-state index >= 15 is 0 Å². The molecule has 0 fully saturated rings. The Morgan fingerprint density at radius 3 is 2.50 bits per heavy atom. The molecule has 1 radical (unpaired) electrons. The molecule has 0 bridgehead atoms. The maximum absolute atomic E-state index is 5.56. The van der Waals surface area contributed by atoms with Crippen molar-refractivity contribution in [2.24, 2.45) is 22.6 Å². The number of nitrogens with two attached hydrogens (primary N) is 1. The van der Waals surface area contributed by atoms with Gasteiger partial charge >= 0.3 is 0 Å². The molecular weight excluding hydrogens is 243 g/mol. The first-order chi connectivity index (χ1) is 7.08. The van der Waals surface area contributed by atoms with Gasteiger partial charge in [-0.25, -0.2) is 0 Å². The smallest absolute Gasteiger partial charge is 0 e. The molecule has 2 nitrogen and oxygen atoms in total. The van der Waals surface area contributed by atoms with E-state index in [0.717, 1.165) is 23.4 Å². The van der Waals surface area contributed by atoms with Crippen LogP contribution in [0, 0.1) is 17.9 Å². The number of rotatable bonds is 4. The summed E-state index contributed by atoms with van der Waals surface area (Å²) in [5.41, 5.74) is 8.47. The molecule has 0 amide bonds. The summed E-state index contributed by atoms with van der Waals surface area (Å²) in [5, 5.41) is 0. The molecule has 3 heteroatoms. The second-order valence-corrected chi connectivity index (χ2v) is 4.27. The molecule has 1 aliphatic rings. The summed E-state index contributed by atoms with van der Waals surface area (Å²) in [6.45, 7) is 10.2. The summed E-state index contributed by atoms with van der Waals surface area (Å²) in [5.74, 6) is 0.825. The van der Waals surface area contributed by atoms with E-state index in [1.807, 2.05) is 6.08 Å². The molecule has 0 aromatic rings. The molecule has 1 aliphatic heterocycles. The van der Waals surface area contributed by atoms with Crippen LogP contribution in [0.25, 0.3) is 0 Å². The standard InChI is InChI=1S/C13H19N2.Co/c1-5-10(4)13-11(8-14)7-12(15-13)6-9(2)3;/h5,8-10H,1,6,14H2,2-4H3;/q-1;. The third kappa shape index (κ3) is 3.65. The van der Waals surface area contributed by atoms with Crippen LogP contribution >= 0.6 is 0 Å². The van der Waals surface area contributed by atoms with Crippen molar-refractivity contribution in [2.45, 2.75) is 27.2 Å². The summed E-state index contributed by atoms with van der Waals surface area (Å²) in [6.07, 6.45) is 7.64. The molecule has 16 heavy (non-hydrogen) atoms. The summed E-state index contributed by atoms with van der Waals surface area (Å²) in [4.78, 5) is 4.55. The zero-order chi connectivity index (χ0) is 11.4. The van der Waals surface area contributed by atoms with Crippen LogP contribution in [0.15, 0.2) is 35.1 Å². The van der Waals surface area contributed by atoms with Crippen LogP contribution in [0.3, 0.4) is 0 Å². The Morgan fingerprint density at radius 1 is 1.44 bits per heavy atom. The van der Waals surface area contributed by atoms with E-state index in [1.165, 1.54) is 0 Å². The Kier molecular flexibility index (Phi) is 6.37. The third-order valence-corrected chi connectivity index (χ3v) is 2.36. The predicted octanol–water partition coefficient (Wildman–Crippen LogP) is 2.84. The van der Waals surface area contributed by atoms with E-state index in [0.29, 0.717) is 5.92 Å². The first-order valence-corrected chi connectivity index (χ1v) is 5.34. The molecule has 0 aliphatic carbocycles. The summed E-state index contributed by atoms with van der Waals surface area (Å²) < 4.78 is 0. The van der Waals surface area contributed by atoms with Crippen molar-refractivity contribution >= 4 is 5.71 Å². The van der Waals surface area contributed by atoms with Crippen LogP contribution in [0.5, 0.6) is 0 Å². The monoisotopic (exact) mass is 262 g/mol. The van der Waals surface area contributed by atoms with Crippen LogP contribution in [0.2, 0.25) is 0 Å². The van der Waals surface area contributed by atoms with Crippen molar-refractivity contribution in [3.63, 3.8) is 0 Å².